The number of fused-ring (bicyclic) bond motifs is 2. The number of carbonyl (C=O) groups is 2. The zero-order valence-corrected chi connectivity index (χ0v) is 12.3. The van der Waals surface area contributed by atoms with Gasteiger partial charge in [0.25, 0.3) is 0 Å². The van der Waals surface area contributed by atoms with Crippen LogP contribution in [0.1, 0.15) is 18.4 Å². The molecule has 2 heterocycles. The molecule has 1 fully saturated rings. The normalized spacial score (nSPS) is 24.3. The van der Waals surface area contributed by atoms with E-state index in [1.807, 2.05) is 36.5 Å². The van der Waals surface area contributed by atoms with E-state index < -0.39 is 0 Å². The largest absolute Gasteiger partial charge is 0.361 e. The van der Waals surface area contributed by atoms with E-state index in [2.05, 4.69) is 11.1 Å². The van der Waals surface area contributed by atoms with Gasteiger partial charge >= 0.3 is 0 Å². The van der Waals surface area contributed by atoms with Crippen LogP contribution in [0.15, 0.2) is 42.6 Å². The predicted molar refractivity (Wildman–Crippen MR) is 84.1 cm³/mol. The summed E-state index contributed by atoms with van der Waals surface area (Å²) in [6, 6.07) is 8.10. The molecule has 0 saturated carbocycles. The van der Waals surface area contributed by atoms with Crippen molar-refractivity contribution in [3.05, 3.63) is 48.2 Å². The zero-order valence-electron chi connectivity index (χ0n) is 12.3. The average molecular weight is 294 g/mol. The van der Waals surface area contributed by atoms with Gasteiger partial charge in [-0.2, -0.15) is 0 Å². The molecular weight excluding hydrogens is 276 g/mol. The Labute approximate surface area is 128 Å². The predicted octanol–water partition coefficient (Wildman–Crippen LogP) is 2.66. The van der Waals surface area contributed by atoms with Gasteiger partial charge in [0.2, 0.25) is 11.8 Å². The van der Waals surface area contributed by atoms with Crippen LogP contribution >= 0.6 is 0 Å². The second kappa shape index (κ2) is 5.13. The summed E-state index contributed by atoms with van der Waals surface area (Å²) < 4.78 is 0. The Kier molecular flexibility index (Phi) is 3.10. The maximum Gasteiger partial charge on any atom is 0.233 e. The molecule has 1 aromatic carbocycles. The first kappa shape index (κ1) is 13.3. The molecule has 2 atom stereocenters. The molecule has 2 amide bonds. The molecule has 0 spiro atoms. The van der Waals surface area contributed by atoms with E-state index in [9.17, 15) is 9.59 Å². The number of aromatic amines is 1. The monoisotopic (exact) mass is 294 g/mol. The number of imide groups is 1. The van der Waals surface area contributed by atoms with Crippen LogP contribution < -0.4 is 0 Å². The Morgan fingerprint density at radius 1 is 1.05 bits per heavy atom. The molecule has 22 heavy (non-hydrogen) atoms. The van der Waals surface area contributed by atoms with Gasteiger partial charge in [-0.05, 0) is 30.9 Å². The molecule has 1 aliphatic carbocycles. The molecule has 2 aromatic rings. The third kappa shape index (κ3) is 1.98. The maximum atomic E-state index is 12.4. The van der Waals surface area contributed by atoms with Gasteiger partial charge in [-0.15, -0.1) is 0 Å². The first-order chi connectivity index (χ1) is 10.8. The van der Waals surface area contributed by atoms with Crippen LogP contribution in [0.3, 0.4) is 0 Å². The van der Waals surface area contributed by atoms with E-state index in [1.54, 1.807) is 0 Å². The van der Waals surface area contributed by atoms with E-state index in [0.29, 0.717) is 25.8 Å². The minimum atomic E-state index is -0.125. The Balaban J connectivity index is 1.52. The number of hydrogen-bond acceptors (Lipinski definition) is 2. The van der Waals surface area contributed by atoms with Crippen LogP contribution in [0.25, 0.3) is 10.9 Å². The van der Waals surface area contributed by atoms with Crippen LogP contribution in [0.4, 0.5) is 0 Å². The summed E-state index contributed by atoms with van der Waals surface area (Å²) in [7, 11) is 0. The van der Waals surface area contributed by atoms with Crippen LogP contribution in [-0.2, 0) is 16.0 Å². The van der Waals surface area contributed by atoms with E-state index in [-0.39, 0.29) is 23.7 Å². The lowest BCUT2D eigenvalue weighted by Gasteiger charge is -2.14. The number of carbonyl (C=O) groups excluding carboxylic acids is 2. The summed E-state index contributed by atoms with van der Waals surface area (Å²) in [6.45, 7) is 0.479. The summed E-state index contributed by atoms with van der Waals surface area (Å²) in [5.41, 5.74) is 2.25. The third-order valence-corrected chi connectivity index (χ3v) is 4.88. The van der Waals surface area contributed by atoms with Crippen molar-refractivity contribution in [1.82, 2.24) is 9.88 Å². The molecule has 1 aromatic heterocycles. The highest BCUT2D eigenvalue weighted by Crippen LogP contribution is 2.35. The fourth-order valence-electron chi connectivity index (χ4n) is 3.66. The molecular formula is C18H18N2O2. The number of aromatic nitrogens is 1. The van der Waals surface area contributed by atoms with Crippen molar-refractivity contribution in [2.45, 2.75) is 19.3 Å². The molecule has 2 aliphatic rings. The summed E-state index contributed by atoms with van der Waals surface area (Å²) >= 11 is 0. The third-order valence-electron chi connectivity index (χ3n) is 4.88. The van der Waals surface area contributed by atoms with Crippen molar-refractivity contribution >= 4 is 22.7 Å². The number of H-pyrrole nitrogens is 1. The summed E-state index contributed by atoms with van der Waals surface area (Å²) in [6.07, 6.45) is 8.14. The second-order valence-corrected chi connectivity index (χ2v) is 6.09. The van der Waals surface area contributed by atoms with Gasteiger partial charge in [0.15, 0.2) is 0 Å². The fraction of sp³-hybridized carbons (Fsp3) is 0.333. The van der Waals surface area contributed by atoms with Crippen LogP contribution in [-0.4, -0.2) is 28.2 Å². The number of allylic oxidation sites excluding steroid dienone is 2. The molecule has 112 valence electrons. The summed E-state index contributed by atoms with van der Waals surface area (Å²) in [4.78, 5) is 29.6. The smallest absolute Gasteiger partial charge is 0.233 e. The SMILES string of the molecule is O=C1[C@H]2CC=CC[C@@H]2C(=O)N1CCc1c[nH]c2ccccc12. The minimum Gasteiger partial charge on any atom is -0.361 e. The first-order valence-electron chi connectivity index (χ1n) is 7.81. The van der Waals surface area contributed by atoms with Crippen molar-refractivity contribution in [3.63, 3.8) is 0 Å². The van der Waals surface area contributed by atoms with Crippen molar-refractivity contribution < 1.29 is 9.59 Å². The summed E-state index contributed by atoms with van der Waals surface area (Å²) in [5, 5.41) is 1.17. The van der Waals surface area contributed by atoms with E-state index in [0.717, 1.165) is 11.1 Å². The van der Waals surface area contributed by atoms with Crippen LogP contribution in [0.5, 0.6) is 0 Å². The number of hydrogen-bond donors (Lipinski definition) is 1. The maximum absolute atomic E-state index is 12.4. The van der Waals surface area contributed by atoms with Crippen molar-refractivity contribution in [1.29, 1.82) is 0 Å². The molecule has 4 rings (SSSR count). The number of benzene rings is 1. The highest BCUT2D eigenvalue weighted by Gasteiger charge is 2.46. The first-order valence-corrected chi connectivity index (χ1v) is 7.81. The Morgan fingerprint density at radius 2 is 1.73 bits per heavy atom. The van der Waals surface area contributed by atoms with E-state index in [1.165, 1.54) is 10.3 Å². The van der Waals surface area contributed by atoms with Gasteiger partial charge in [-0.3, -0.25) is 14.5 Å². The van der Waals surface area contributed by atoms with E-state index >= 15 is 0 Å². The zero-order chi connectivity index (χ0) is 15.1. The lowest BCUT2D eigenvalue weighted by molar-refractivity contribution is -0.139. The number of rotatable bonds is 3. The van der Waals surface area contributed by atoms with Gasteiger partial charge in [0.1, 0.15) is 0 Å². The molecule has 0 radical (unpaired) electrons. The Bertz CT molecular complexity index is 748. The molecule has 0 bridgehead atoms. The molecule has 1 N–H and O–H groups in total. The number of amides is 2. The standard InChI is InChI=1S/C18H18N2O2/c21-17-14-6-1-2-7-15(14)18(22)20(17)10-9-12-11-19-16-8-4-3-5-13(12)16/h1-5,8,11,14-15,19H,6-7,9-10H2/t14-,15-/m0/s1. The van der Waals surface area contributed by atoms with E-state index in [4.69, 9.17) is 0 Å². The highest BCUT2D eigenvalue weighted by atomic mass is 16.2. The van der Waals surface area contributed by atoms with Crippen molar-refractivity contribution in [2.75, 3.05) is 6.54 Å². The number of likely N-dealkylation sites (tertiary alicyclic amines) is 1. The molecule has 1 saturated heterocycles. The van der Waals surface area contributed by atoms with Crippen LogP contribution in [0.2, 0.25) is 0 Å². The number of para-hydroxylation sites is 1. The van der Waals surface area contributed by atoms with Crippen molar-refractivity contribution in [2.24, 2.45) is 11.8 Å². The Morgan fingerprint density at radius 3 is 2.45 bits per heavy atom. The van der Waals surface area contributed by atoms with Gasteiger partial charge in [0, 0.05) is 23.6 Å². The molecule has 4 heteroatoms. The fourth-order valence-corrected chi connectivity index (χ4v) is 3.66. The topological polar surface area (TPSA) is 53.2 Å². The Hall–Kier alpha value is -2.36. The average Bonchev–Trinajstić information content (AvgIpc) is 3.07. The van der Waals surface area contributed by atoms with Gasteiger partial charge < -0.3 is 4.98 Å². The highest BCUT2D eigenvalue weighted by molar-refractivity contribution is 6.05. The van der Waals surface area contributed by atoms with Gasteiger partial charge in [-0.25, -0.2) is 0 Å². The summed E-state index contributed by atoms with van der Waals surface area (Å²) in [5.74, 6) is -0.223. The van der Waals surface area contributed by atoms with Gasteiger partial charge in [0.05, 0.1) is 11.8 Å². The molecule has 1 aliphatic heterocycles. The quantitative estimate of drug-likeness (QED) is 0.699. The lowest BCUT2D eigenvalue weighted by atomic mass is 9.85. The lowest BCUT2D eigenvalue weighted by Crippen LogP contribution is -2.33. The van der Waals surface area contributed by atoms with Crippen LogP contribution in [0, 0.1) is 11.8 Å². The molecule has 0 unspecified atom stereocenters. The number of nitrogens with one attached hydrogen (secondary N) is 1. The van der Waals surface area contributed by atoms with Gasteiger partial charge in [-0.1, -0.05) is 30.4 Å². The minimum absolute atomic E-state index is 0.0131. The molecule has 4 nitrogen and oxygen atoms in total. The van der Waals surface area contributed by atoms with Crippen molar-refractivity contribution in [3.8, 4) is 0 Å². The second-order valence-electron chi connectivity index (χ2n) is 6.09. The number of nitrogens with zero attached hydrogens (tertiary/aromatic N) is 1.